The summed E-state index contributed by atoms with van der Waals surface area (Å²) >= 11 is 2.21. The van der Waals surface area contributed by atoms with Crippen LogP contribution >= 0.6 is 22.7 Å². The van der Waals surface area contributed by atoms with E-state index in [0.717, 1.165) is 34.0 Å². The van der Waals surface area contributed by atoms with Crippen molar-refractivity contribution in [2.45, 2.75) is 0 Å². The van der Waals surface area contributed by atoms with E-state index in [0.29, 0.717) is 32.5 Å². The van der Waals surface area contributed by atoms with Gasteiger partial charge in [0, 0.05) is 33.9 Å². The first-order valence-electron chi connectivity index (χ1n) is 16.7. The summed E-state index contributed by atoms with van der Waals surface area (Å²) in [4.78, 5) is 55.0. The van der Waals surface area contributed by atoms with E-state index in [1.807, 2.05) is 72.8 Å². The van der Waals surface area contributed by atoms with Crippen LogP contribution in [-0.2, 0) is 0 Å². The van der Waals surface area contributed by atoms with Crippen molar-refractivity contribution in [1.29, 1.82) is 0 Å². The van der Waals surface area contributed by atoms with Crippen molar-refractivity contribution in [3.05, 3.63) is 178 Å². The van der Waals surface area contributed by atoms with Crippen molar-refractivity contribution in [1.82, 2.24) is 0 Å². The van der Waals surface area contributed by atoms with Crippen LogP contribution in [0.1, 0.15) is 51.2 Å². The molecule has 0 saturated heterocycles. The summed E-state index contributed by atoms with van der Waals surface area (Å²) in [5.41, 5.74) is 16.6. The molecule has 0 unspecified atom stereocenters. The second-order valence-corrected chi connectivity index (χ2v) is 14.0. The molecule has 0 atom stereocenters. The molecule has 0 spiro atoms. The number of rotatable bonds is 12. The molecule has 7 rings (SSSR count). The largest absolute Gasteiger partial charge is 0.397 e. The highest BCUT2D eigenvalue weighted by Crippen LogP contribution is 2.41. The lowest BCUT2D eigenvalue weighted by Gasteiger charge is -2.11. The second kappa shape index (κ2) is 15.7. The summed E-state index contributed by atoms with van der Waals surface area (Å²) in [5, 5.41) is 13.0. The van der Waals surface area contributed by atoms with Gasteiger partial charge in [0.25, 0.3) is 11.8 Å². The van der Waals surface area contributed by atoms with Crippen LogP contribution in [0.2, 0.25) is 0 Å². The van der Waals surface area contributed by atoms with Crippen LogP contribution in [0.4, 0.5) is 44.1 Å². The van der Waals surface area contributed by atoms with Gasteiger partial charge in [-0.15, -0.1) is 22.7 Å². The van der Waals surface area contributed by atoms with Gasteiger partial charge >= 0.3 is 0 Å². The maximum atomic E-state index is 13.8. The number of carbonyl (C=O) groups excluding carboxylic acids is 4. The molecule has 0 fully saturated rings. The molecular weight excluding hydrogens is 717 g/mol. The lowest BCUT2D eigenvalue weighted by Crippen LogP contribution is -2.16. The molecule has 266 valence electrons. The fraction of sp³-hybridized carbons (Fsp3) is 0. The molecule has 54 heavy (non-hydrogen) atoms. The fourth-order valence-electron chi connectivity index (χ4n) is 5.62. The molecular formula is C42H32N6O4S2. The Kier molecular flexibility index (Phi) is 10.3. The van der Waals surface area contributed by atoms with Crippen molar-refractivity contribution >= 4 is 90.2 Å². The normalized spacial score (nSPS) is 10.7. The van der Waals surface area contributed by atoms with E-state index in [2.05, 4.69) is 21.3 Å². The van der Waals surface area contributed by atoms with Crippen molar-refractivity contribution in [2.24, 2.45) is 0 Å². The van der Waals surface area contributed by atoms with Crippen molar-refractivity contribution in [3.8, 4) is 0 Å². The number of hydrogen-bond donors (Lipinski definition) is 6. The fourth-order valence-corrected chi connectivity index (χ4v) is 7.82. The van der Waals surface area contributed by atoms with E-state index < -0.39 is 11.8 Å². The van der Waals surface area contributed by atoms with E-state index in [9.17, 15) is 19.2 Å². The first-order valence-corrected chi connectivity index (χ1v) is 18.3. The van der Waals surface area contributed by atoms with E-state index in [-0.39, 0.29) is 43.8 Å². The number of para-hydroxylation sites is 2. The van der Waals surface area contributed by atoms with Crippen LogP contribution in [0.25, 0.3) is 0 Å². The van der Waals surface area contributed by atoms with Gasteiger partial charge < -0.3 is 32.7 Å². The highest BCUT2D eigenvalue weighted by Gasteiger charge is 2.28. The van der Waals surface area contributed by atoms with Crippen LogP contribution in [0, 0.1) is 0 Å². The number of carbonyl (C=O) groups is 4. The van der Waals surface area contributed by atoms with Crippen molar-refractivity contribution < 1.29 is 19.2 Å². The monoisotopic (exact) mass is 748 g/mol. The van der Waals surface area contributed by atoms with Crippen LogP contribution < -0.4 is 32.7 Å². The number of amides is 2. The third-order valence-corrected chi connectivity index (χ3v) is 10.5. The standard InChI is InChI=1S/C42H32N6O4S2/c43-33-31(41(47-27-17-9-3-10-18-27)53-37(33)35(49)25-13-5-1-6-14-25)39(51)45-29-21-23-30(24-22-29)46-40(52)32-34(44)38(36(50)26-15-7-2-8-16-26)54-42(32)48-28-19-11-4-12-20-28/h1-24,47-48H,43-44H2,(H,45,51)(H,46,52). The molecule has 0 aliphatic heterocycles. The maximum absolute atomic E-state index is 13.8. The SMILES string of the molecule is Nc1c(C(=O)c2ccccc2)sc(Nc2ccccc2)c1C(=O)Nc1ccc(NC(=O)c2c(Nc3ccccc3)sc(C(=O)c3ccccc3)c2N)cc1. The molecule has 0 saturated carbocycles. The average molecular weight is 749 g/mol. The Morgan fingerprint density at radius 2 is 0.722 bits per heavy atom. The number of ketones is 2. The van der Waals surface area contributed by atoms with Gasteiger partial charge in [0.05, 0.1) is 22.5 Å². The molecule has 10 nitrogen and oxygen atoms in total. The first kappa shape index (κ1) is 35.4. The van der Waals surface area contributed by atoms with Gasteiger partial charge in [0.2, 0.25) is 11.6 Å². The Morgan fingerprint density at radius 1 is 0.407 bits per heavy atom. The zero-order valence-corrected chi connectivity index (χ0v) is 30.1. The summed E-state index contributed by atoms with van der Waals surface area (Å²) in [5.74, 6) is -1.63. The van der Waals surface area contributed by atoms with E-state index >= 15 is 0 Å². The quantitative estimate of drug-likeness (QED) is 0.0672. The summed E-state index contributed by atoms with van der Waals surface area (Å²) < 4.78 is 0. The zero-order chi connectivity index (χ0) is 37.6. The van der Waals surface area contributed by atoms with Crippen LogP contribution in [0.3, 0.4) is 0 Å². The minimum atomic E-state index is -0.524. The lowest BCUT2D eigenvalue weighted by molar-refractivity contribution is 0.101. The first-order chi connectivity index (χ1) is 26.3. The molecule has 0 aliphatic carbocycles. The van der Waals surface area contributed by atoms with Crippen LogP contribution in [-0.4, -0.2) is 23.4 Å². The van der Waals surface area contributed by atoms with Crippen molar-refractivity contribution in [2.75, 3.05) is 32.7 Å². The topological polar surface area (TPSA) is 168 Å². The Morgan fingerprint density at radius 3 is 1.06 bits per heavy atom. The Balaban J connectivity index is 1.12. The summed E-state index contributed by atoms with van der Waals surface area (Å²) in [6.07, 6.45) is 0. The molecule has 2 heterocycles. The molecule has 0 radical (unpaired) electrons. The van der Waals surface area contributed by atoms with E-state index in [4.69, 9.17) is 11.5 Å². The molecule has 2 aromatic heterocycles. The number of nitrogens with one attached hydrogen (secondary N) is 4. The van der Waals surface area contributed by atoms with Gasteiger partial charge in [-0.25, -0.2) is 0 Å². The zero-order valence-electron chi connectivity index (χ0n) is 28.5. The van der Waals surface area contributed by atoms with Gasteiger partial charge in [-0.1, -0.05) is 97.1 Å². The lowest BCUT2D eigenvalue weighted by atomic mass is 10.1. The number of benzene rings is 5. The van der Waals surface area contributed by atoms with Crippen molar-refractivity contribution in [3.63, 3.8) is 0 Å². The number of hydrogen-bond acceptors (Lipinski definition) is 10. The second-order valence-electron chi connectivity index (χ2n) is 12.0. The predicted molar refractivity (Wildman–Crippen MR) is 219 cm³/mol. The highest BCUT2D eigenvalue weighted by atomic mass is 32.1. The molecule has 12 heteroatoms. The number of anilines is 8. The van der Waals surface area contributed by atoms with Crippen LogP contribution in [0.15, 0.2) is 146 Å². The third-order valence-electron chi connectivity index (χ3n) is 8.29. The molecule has 2 amide bonds. The molecule has 0 aliphatic rings. The van der Waals surface area contributed by atoms with Gasteiger partial charge in [-0.2, -0.15) is 0 Å². The van der Waals surface area contributed by atoms with E-state index in [1.54, 1.807) is 72.8 Å². The van der Waals surface area contributed by atoms with E-state index in [1.165, 1.54) is 0 Å². The van der Waals surface area contributed by atoms with Gasteiger partial charge in [0.1, 0.15) is 19.8 Å². The predicted octanol–water partition coefficient (Wildman–Crippen LogP) is 9.43. The summed E-state index contributed by atoms with van der Waals surface area (Å²) in [6, 6.07) is 42.5. The minimum Gasteiger partial charge on any atom is -0.397 e. The third kappa shape index (κ3) is 7.60. The number of nitrogens with two attached hydrogens (primary N) is 2. The van der Waals surface area contributed by atoms with Gasteiger partial charge in [-0.05, 0) is 48.5 Å². The summed E-state index contributed by atoms with van der Waals surface area (Å²) in [7, 11) is 0. The summed E-state index contributed by atoms with van der Waals surface area (Å²) in [6.45, 7) is 0. The highest BCUT2D eigenvalue weighted by molar-refractivity contribution is 7.19. The Labute approximate surface area is 318 Å². The average Bonchev–Trinajstić information content (AvgIpc) is 3.71. The smallest absolute Gasteiger partial charge is 0.260 e. The molecule has 7 aromatic rings. The van der Waals surface area contributed by atoms with Gasteiger partial charge in [0.15, 0.2) is 0 Å². The molecule has 5 aromatic carbocycles. The Bertz CT molecular complexity index is 2290. The van der Waals surface area contributed by atoms with Crippen LogP contribution in [0.5, 0.6) is 0 Å². The number of thiophene rings is 2. The maximum Gasteiger partial charge on any atom is 0.260 e. The minimum absolute atomic E-state index is 0.0621. The molecule has 0 bridgehead atoms. The number of nitrogen functional groups attached to an aromatic ring is 2. The van der Waals surface area contributed by atoms with Gasteiger partial charge in [-0.3, -0.25) is 19.2 Å². The molecule has 8 N–H and O–H groups in total. The Hall–Kier alpha value is -7.02.